The number of carbonyl (C=O) groups is 2. The Labute approximate surface area is 261 Å². The zero-order valence-electron chi connectivity index (χ0n) is 22.8. The SMILES string of the molecule is CC(C)CNC(=O)[C@@H](Cc1ccccc1)N(Cc1c(Cl)cccc1Cl)C(=O)CN(c1cc(Cl)ccc1Cl)S(C)(=O)=O. The van der Waals surface area contributed by atoms with E-state index in [4.69, 9.17) is 46.4 Å². The Kier molecular flexibility index (Phi) is 11.8. The van der Waals surface area contributed by atoms with Crippen molar-refractivity contribution < 1.29 is 18.0 Å². The van der Waals surface area contributed by atoms with Gasteiger partial charge < -0.3 is 10.2 Å². The van der Waals surface area contributed by atoms with Crippen LogP contribution in [0.3, 0.4) is 0 Å². The van der Waals surface area contributed by atoms with Crippen molar-refractivity contribution >= 4 is 73.9 Å². The normalized spacial score (nSPS) is 12.2. The Morgan fingerprint density at radius 1 is 0.878 bits per heavy atom. The zero-order valence-corrected chi connectivity index (χ0v) is 26.6. The van der Waals surface area contributed by atoms with E-state index in [0.29, 0.717) is 22.2 Å². The molecule has 3 aromatic carbocycles. The summed E-state index contributed by atoms with van der Waals surface area (Å²) in [5.41, 5.74) is 1.26. The summed E-state index contributed by atoms with van der Waals surface area (Å²) < 4.78 is 26.7. The van der Waals surface area contributed by atoms with Gasteiger partial charge in [-0.25, -0.2) is 8.42 Å². The maximum absolute atomic E-state index is 14.1. The lowest BCUT2D eigenvalue weighted by atomic mass is 10.0. The number of hydrogen-bond acceptors (Lipinski definition) is 4. The van der Waals surface area contributed by atoms with Gasteiger partial charge in [0.15, 0.2) is 0 Å². The summed E-state index contributed by atoms with van der Waals surface area (Å²) in [5.74, 6) is -0.905. The fraction of sp³-hybridized carbons (Fsp3) is 0.310. The first-order valence-corrected chi connectivity index (χ1v) is 16.1. The van der Waals surface area contributed by atoms with Gasteiger partial charge in [-0.15, -0.1) is 0 Å². The van der Waals surface area contributed by atoms with Crippen LogP contribution < -0.4 is 9.62 Å². The molecule has 12 heteroatoms. The zero-order chi connectivity index (χ0) is 30.3. The number of halogens is 4. The van der Waals surface area contributed by atoms with Crippen molar-refractivity contribution in [3.8, 4) is 0 Å². The number of amides is 2. The van der Waals surface area contributed by atoms with Crippen molar-refractivity contribution in [2.45, 2.75) is 32.9 Å². The molecule has 0 heterocycles. The molecule has 0 aliphatic heterocycles. The molecule has 0 aromatic heterocycles. The molecule has 220 valence electrons. The highest BCUT2D eigenvalue weighted by molar-refractivity contribution is 7.92. The summed E-state index contributed by atoms with van der Waals surface area (Å²) >= 11 is 25.4. The first-order valence-electron chi connectivity index (χ1n) is 12.7. The van der Waals surface area contributed by atoms with E-state index in [9.17, 15) is 18.0 Å². The van der Waals surface area contributed by atoms with E-state index < -0.39 is 34.4 Å². The minimum Gasteiger partial charge on any atom is -0.354 e. The number of nitrogens with zero attached hydrogens (tertiary/aromatic N) is 2. The van der Waals surface area contributed by atoms with Crippen LogP contribution >= 0.6 is 46.4 Å². The second-order valence-corrected chi connectivity index (χ2v) is 13.5. The fourth-order valence-corrected chi connectivity index (χ4v) is 5.91. The molecule has 7 nitrogen and oxygen atoms in total. The molecule has 3 rings (SSSR count). The van der Waals surface area contributed by atoms with Gasteiger partial charge in [-0.05, 0) is 41.8 Å². The van der Waals surface area contributed by atoms with Crippen LogP contribution in [0.2, 0.25) is 20.1 Å². The number of carbonyl (C=O) groups excluding carboxylic acids is 2. The third-order valence-electron chi connectivity index (χ3n) is 6.20. The summed E-state index contributed by atoms with van der Waals surface area (Å²) in [7, 11) is -4.01. The molecule has 2 amide bonds. The Hall–Kier alpha value is -2.49. The van der Waals surface area contributed by atoms with E-state index in [2.05, 4.69) is 5.32 Å². The molecule has 0 saturated carbocycles. The Balaban J connectivity index is 2.12. The lowest BCUT2D eigenvalue weighted by molar-refractivity contribution is -0.140. The summed E-state index contributed by atoms with van der Waals surface area (Å²) in [6.45, 7) is 3.50. The van der Waals surface area contributed by atoms with Crippen LogP contribution in [0.25, 0.3) is 0 Å². The number of sulfonamides is 1. The topological polar surface area (TPSA) is 86.8 Å². The molecular formula is C29H31Cl4N3O4S. The maximum atomic E-state index is 14.1. The van der Waals surface area contributed by atoms with E-state index in [1.165, 1.54) is 23.1 Å². The van der Waals surface area contributed by atoms with Crippen LogP contribution in [0.1, 0.15) is 25.0 Å². The van der Waals surface area contributed by atoms with Crippen molar-refractivity contribution in [1.29, 1.82) is 0 Å². The first kappa shape index (κ1) is 33.0. The van der Waals surface area contributed by atoms with Gasteiger partial charge >= 0.3 is 0 Å². The maximum Gasteiger partial charge on any atom is 0.244 e. The van der Waals surface area contributed by atoms with Crippen molar-refractivity contribution in [2.75, 3.05) is 23.7 Å². The number of benzene rings is 3. The lowest BCUT2D eigenvalue weighted by Gasteiger charge is -2.34. The molecule has 1 atom stereocenters. The smallest absolute Gasteiger partial charge is 0.244 e. The van der Waals surface area contributed by atoms with E-state index in [1.807, 2.05) is 44.2 Å². The van der Waals surface area contributed by atoms with Crippen LogP contribution in [-0.2, 0) is 32.6 Å². The Morgan fingerprint density at radius 2 is 1.51 bits per heavy atom. The molecular weight excluding hydrogens is 628 g/mol. The van der Waals surface area contributed by atoms with Crippen LogP contribution in [-0.4, -0.2) is 50.5 Å². The van der Waals surface area contributed by atoms with Gasteiger partial charge in [0.1, 0.15) is 12.6 Å². The fourth-order valence-electron chi connectivity index (χ4n) is 4.10. The molecule has 0 fully saturated rings. The Bertz CT molecular complexity index is 1470. The van der Waals surface area contributed by atoms with Gasteiger partial charge in [-0.1, -0.05) is 96.6 Å². The number of nitrogens with one attached hydrogen (secondary N) is 1. The van der Waals surface area contributed by atoms with Gasteiger partial charge in [-0.3, -0.25) is 13.9 Å². The van der Waals surface area contributed by atoms with Crippen molar-refractivity contribution in [3.05, 3.63) is 97.9 Å². The minimum atomic E-state index is -4.01. The van der Waals surface area contributed by atoms with Gasteiger partial charge in [0.05, 0.1) is 17.0 Å². The van der Waals surface area contributed by atoms with Crippen molar-refractivity contribution in [1.82, 2.24) is 10.2 Å². The third-order valence-corrected chi connectivity index (χ3v) is 8.59. The molecule has 0 unspecified atom stereocenters. The van der Waals surface area contributed by atoms with Crippen molar-refractivity contribution in [2.24, 2.45) is 5.92 Å². The highest BCUT2D eigenvalue weighted by atomic mass is 35.5. The molecule has 0 spiro atoms. The van der Waals surface area contributed by atoms with E-state index in [-0.39, 0.29) is 34.6 Å². The Morgan fingerprint density at radius 3 is 2.10 bits per heavy atom. The van der Waals surface area contributed by atoms with Gasteiger partial charge in [0, 0.05) is 40.1 Å². The minimum absolute atomic E-state index is 0.0367. The van der Waals surface area contributed by atoms with Crippen molar-refractivity contribution in [3.63, 3.8) is 0 Å². The van der Waals surface area contributed by atoms with E-state index in [1.54, 1.807) is 18.2 Å². The standard InChI is InChI=1S/C29H31Cl4N3O4S/c1-19(2)16-34-29(38)27(14-20-8-5-4-6-9-20)35(17-22-23(31)10-7-11-24(22)32)28(37)18-36(41(3,39)40)26-15-21(30)12-13-25(26)33/h4-13,15,19,27H,14,16-18H2,1-3H3,(H,34,38)/t27-/m1/s1. The first-order chi connectivity index (χ1) is 19.3. The largest absolute Gasteiger partial charge is 0.354 e. The predicted molar refractivity (Wildman–Crippen MR) is 167 cm³/mol. The number of rotatable bonds is 12. The molecule has 0 aliphatic rings. The highest BCUT2D eigenvalue weighted by Crippen LogP contribution is 2.32. The van der Waals surface area contributed by atoms with Crippen LogP contribution in [0.5, 0.6) is 0 Å². The third kappa shape index (κ3) is 9.25. The highest BCUT2D eigenvalue weighted by Gasteiger charge is 2.34. The molecule has 0 bridgehead atoms. The summed E-state index contributed by atoms with van der Waals surface area (Å²) in [6.07, 6.45) is 1.12. The lowest BCUT2D eigenvalue weighted by Crippen LogP contribution is -2.53. The van der Waals surface area contributed by atoms with Crippen LogP contribution in [0.4, 0.5) is 5.69 Å². The number of anilines is 1. The van der Waals surface area contributed by atoms with Gasteiger partial charge in [0.25, 0.3) is 0 Å². The molecule has 0 radical (unpaired) electrons. The van der Waals surface area contributed by atoms with Crippen LogP contribution in [0.15, 0.2) is 66.7 Å². The molecule has 0 aliphatic carbocycles. The quantitative estimate of drug-likeness (QED) is 0.241. The average molecular weight is 659 g/mol. The monoisotopic (exact) mass is 657 g/mol. The summed E-state index contributed by atoms with van der Waals surface area (Å²) in [6, 6.07) is 17.4. The molecule has 41 heavy (non-hydrogen) atoms. The second kappa shape index (κ2) is 14.6. The summed E-state index contributed by atoms with van der Waals surface area (Å²) in [4.78, 5) is 29.1. The van der Waals surface area contributed by atoms with Crippen LogP contribution in [0, 0.1) is 5.92 Å². The molecule has 3 aromatic rings. The summed E-state index contributed by atoms with van der Waals surface area (Å²) in [5, 5.41) is 3.84. The average Bonchev–Trinajstić information content (AvgIpc) is 2.90. The number of hydrogen-bond donors (Lipinski definition) is 1. The molecule has 1 N–H and O–H groups in total. The van der Waals surface area contributed by atoms with Gasteiger partial charge in [-0.2, -0.15) is 0 Å². The molecule has 0 saturated heterocycles. The van der Waals surface area contributed by atoms with E-state index >= 15 is 0 Å². The van der Waals surface area contributed by atoms with E-state index in [0.717, 1.165) is 16.1 Å². The van der Waals surface area contributed by atoms with Gasteiger partial charge in [0.2, 0.25) is 21.8 Å². The second-order valence-electron chi connectivity index (χ2n) is 9.93. The predicted octanol–water partition coefficient (Wildman–Crippen LogP) is 6.48.